The number of hydrogen-bond acceptors (Lipinski definition) is 8. The summed E-state index contributed by atoms with van der Waals surface area (Å²) in [4.78, 5) is 21.0. The van der Waals surface area contributed by atoms with Crippen LogP contribution in [0, 0.1) is 0 Å². The van der Waals surface area contributed by atoms with E-state index in [2.05, 4.69) is 0 Å². The van der Waals surface area contributed by atoms with E-state index in [4.69, 9.17) is 20.4 Å². The molecule has 10 heteroatoms. The van der Waals surface area contributed by atoms with E-state index in [0.717, 1.165) is 0 Å². The van der Waals surface area contributed by atoms with Crippen molar-refractivity contribution in [3.8, 4) is 0 Å². The van der Waals surface area contributed by atoms with Crippen LogP contribution in [-0.4, -0.2) is 84.9 Å². The van der Waals surface area contributed by atoms with Gasteiger partial charge in [-0.15, -0.1) is 0 Å². The molecule has 0 saturated heterocycles. The van der Waals surface area contributed by atoms with Crippen LogP contribution in [0.5, 0.6) is 0 Å². The summed E-state index contributed by atoms with van der Waals surface area (Å²) >= 11 is 0. The molecule has 0 aromatic rings. The highest BCUT2D eigenvalue weighted by molar-refractivity contribution is 5.79. The standard InChI is InChI=1S/C8H15NO9/c10-2-3(11)5(14)6(15)8(18,7(16)17)9-1-4(12)13/h3,5-6,9-11,14-15,18H,1-2H2,(H,12,13)(H,16,17). The Kier molecular flexibility index (Phi) is 6.11. The predicted octanol–water partition coefficient (Wildman–Crippen LogP) is -4.49. The minimum atomic E-state index is -3.19. The topological polar surface area (TPSA) is 188 Å². The summed E-state index contributed by atoms with van der Waals surface area (Å²) < 4.78 is 0. The summed E-state index contributed by atoms with van der Waals surface area (Å²) in [5.41, 5.74) is -3.19. The molecule has 0 rings (SSSR count). The zero-order valence-corrected chi connectivity index (χ0v) is 9.09. The van der Waals surface area contributed by atoms with E-state index in [0.29, 0.717) is 0 Å². The first-order valence-corrected chi connectivity index (χ1v) is 4.74. The summed E-state index contributed by atoms with van der Waals surface area (Å²) in [6, 6.07) is 0. The monoisotopic (exact) mass is 269 g/mol. The SMILES string of the molecule is O=C(O)CNC(O)(C(=O)O)C(O)C(O)C(O)CO. The number of aliphatic hydroxyl groups excluding tert-OH is 4. The van der Waals surface area contributed by atoms with Crippen LogP contribution in [0.15, 0.2) is 0 Å². The van der Waals surface area contributed by atoms with Crippen LogP contribution in [0.2, 0.25) is 0 Å². The molecule has 106 valence electrons. The van der Waals surface area contributed by atoms with Gasteiger partial charge in [-0.1, -0.05) is 0 Å². The maximum Gasteiger partial charge on any atom is 0.354 e. The number of rotatable bonds is 8. The molecule has 18 heavy (non-hydrogen) atoms. The van der Waals surface area contributed by atoms with Gasteiger partial charge in [-0.3, -0.25) is 10.1 Å². The summed E-state index contributed by atoms with van der Waals surface area (Å²) in [5.74, 6) is -3.57. The normalized spacial score (nSPS) is 19.6. The number of nitrogens with one attached hydrogen (secondary N) is 1. The molecular formula is C8H15NO9. The van der Waals surface area contributed by atoms with Gasteiger partial charge < -0.3 is 35.7 Å². The first-order valence-electron chi connectivity index (χ1n) is 4.74. The molecule has 0 saturated carbocycles. The third kappa shape index (κ3) is 3.87. The summed E-state index contributed by atoms with van der Waals surface area (Å²) in [6.45, 7) is -2.01. The van der Waals surface area contributed by atoms with E-state index in [9.17, 15) is 24.9 Å². The van der Waals surface area contributed by atoms with Gasteiger partial charge in [0.1, 0.15) is 18.3 Å². The summed E-state index contributed by atoms with van der Waals surface area (Å²) in [6.07, 6.45) is -6.56. The lowest BCUT2D eigenvalue weighted by molar-refractivity contribution is -0.199. The quantitative estimate of drug-likeness (QED) is 0.199. The second-order valence-electron chi connectivity index (χ2n) is 3.50. The zero-order chi connectivity index (χ0) is 14.5. The van der Waals surface area contributed by atoms with Crippen LogP contribution in [0.4, 0.5) is 0 Å². The highest BCUT2D eigenvalue weighted by Crippen LogP contribution is 2.14. The third-order valence-corrected chi connectivity index (χ3v) is 2.17. The lowest BCUT2D eigenvalue weighted by atomic mass is 9.97. The van der Waals surface area contributed by atoms with Gasteiger partial charge in [-0.05, 0) is 0 Å². The van der Waals surface area contributed by atoms with E-state index in [1.165, 1.54) is 0 Å². The van der Waals surface area contributed by atoms with Gasteiger partial charge in [0.05, 0.1) is 13.2 Å². The van der Waals surface area contributed by atoms with E-state index >= 15 is 0 Å². The van der Waals surface area contributed by atoms with E-state index < -0.39 is 49.1 Å². The zero-order valence-electron chi connectivity index (χ0n) is 9.09. The van der Waals surface area contributed by atoms with Gasteiger partial charge >= 0.3 is 11.9 Å². The lowest BCUT2D eigenvalue weighted by Gasteiger charge is -2.33. The molecule has 0 amide bonds. The van der Waals surface area contributed by atoms with Crippen molar-refractivity contribution in [1.82, 2.24) is 5.32 Å². The van der Waals surface area contributed by atoms with Crippen LogP contribution in [0.3, 0.4) is 0 Å². The van der Waals surface area contributed by atoms with Crippen LogP contribution in [-0.2, 0) is 9.59 Å². The second kappa shape index (κ2) is 6.58. The van der Waals surface area contributed by atoms with Crippen molar-refractivity contribution < 1.29 is 45.3 Å². The fourth-order valence-corrected chi connectivity index (χ4v) is 1.08. The van der Waals surface area contributed by atoms with Crippen molar-refractivity contribution in [3.05, 3.63) is 0 Å². The Bertz CT molecular complexity index is 309. The Morgan fingerprint density at radius 2 is 1.67 bits per heavy atom. The molecule has 0 aromatic heterocycles. The molecule has 0 spiro atoms. The average Bonchev–Trinajstić information content (AvgIpc) is 2.32. The molecule has 4 unspecified atom stereocenters. The molecule has 8 N–H and O–H groups in total. The Balaban J connectivity index is 4.97. The average molecular weight is 269 g/mol. The molecule has 10 nitrogen and oxygen atoms in total. The molecule has 0 aliphatic carbocycles. The fourth-order valence-electron chi connectivity index (χ4n) is 1.08. The van der Waals surface area contributed by atoms with E-state index in [1.54, 1.807) is 5.32 Å². The molecule has 0 fully saturated rings. The van der Waals surface area contributed by atoms with Crippen molar-refractivity contribution in [2.75, 3.05) is 13.2 Å². The minimum Gasteiger partial charge on any atom is -0.480 e. The molecule has 0 bridgehead atoms. The van der Waals surface area contributed by atoms with Crippen molar-refractivity contribution >= 4 is 11.9 Å². The number of aliphatic hydroxyl groups is 5. The number of carboxylic acids is 2. The third-order valence-electron chi connectivity index (χ3n) is 2.17. The van der Waals surface area contributed by atoms with Crippen LogP contribution >= 0.6 is 0 Å². The Hall–Kier alpha value is -1.30. The van der Waals surface area contributed by atoms with Gasteiger partial charge in [-0.2, -0.15) is 0 Å². The Labute approximate surface area is 101 Å². The molecule has 0 aromatic carbocycles. The van der Waals surface area contributed by atoms with Crippen molar-refractivity contribution in [1.29, 1.82) is 0 Å². The smallest absolute Gasteiger partial charge is 0.354 e. The van der Waals surface area contributed by atoms with E-state index in [-0.39, 0.29) is 0 Å². The van der Waals surface area contributed by atoms with Crippen LogP contribution < -0.4 is 5.32 Å². The maximum atomic E-state index is 10.8. The maximum absolute atomic E-state index is 10.8. The second-order valence-corrected chi connectivity index (χ2v) is 3.50. The van der Waals surface area contributed by atoms with Crippen molar-refractivity contribution in [3.63, 3.8) is 0 Å². The highest BCUT2D eigenvalue weighted by atomic mass is 16.4. The molecule has 0 radical (unpaired) electrons. The number of carbonyl (C=O) groups is 2. The number of aliphatic carboxylic acids is 2. The first-order chi connectivity index (χ1) is 8.16. The molecule has 0 heterocycles. The Morgan fingerprint density at radius 1 is 1.17 bits per heavy atom. The lowest BCUT2D eigenvalue weighted by Crippen LogP contribution is -2.66. The predicted molar refractivity (Wildman–Crippen MR) is 53.3 cm³/mol. The molecule has 4 atom stereocenters. The van der Waals surface area contributed by atoms with Crippen LogP contribution in [0.1, 0.15) is 0 Å². The van der Waals surface area contributed by atoms with Gasteiger partial charge in [0.2, 0.25) is 5.72 Å². The van der Waals surface area contributed by atoms with Crippen molar-refractivity contribution in [2.24, 2.45) is 0 Å². The number of carboxylic acid groups (broad SMARTS) is 2. The minimum absolute atomic E-state index is 0.993. The molecular weight excluding hydrogens is 254 g/mol. The van der Waals surface area contributed by atoms with Gasteiger partial charge in [0, 0.05) is 0 Å². The van der Waals surface area contributed by atoms with Gasteiger partial charge in [-0.25, -0.2) is 4.79 Å². The van der Waals surface area contributed by atoms with Crippen LogP contribution in [0.25, 0.3) is 0 Å². The highest BCUT2D eigenvalue weighted by Gasteiger charge is 2.48. The summed E-state index contributed by atoms with van der Waals surface area (Å²) in [5, 5.41) is 64.4. The fraction of sp³-hybridized carbons (Fsp3) is 0.750. The van der Waals surface area contributed by atoms with E-state index in [1.807, 2.05) is 0 Å². The number of hydrogen-bond donors (Lipinski definition) is 8. The largest absolute Gasteiger partial charge is 0.480 e. The van der Waals surface area contributed by atoms with Crippen molar-refractivity contribution in [2.45, 2.75) is 24.0 Å². The molecule has 0 aliphatic heterocycles. The van der Waals surface area contributed by atoms with Gasteiger partial charge in [0.25, 0.3) is 0 Å². The van der Waals surface area contributed by atoms with Gasteiger partial charge in [0.15, 0.2) is 0 Å². The molecule has 0 aliphatic rings. The first kappa shape index (κ1) is 16.7. The summed E-state index contributed by atoms with van der Waals surface area (Å²) in [7, 11) is 0. The Morgan fingerprint density at radius 3 is 2.00 bits per heavy atom.